The van der Waals surface area contributed by atoms with Crippen LogP contribution in [0.3, 0.4) is 0 Å². The van der Waals surface area contributed by atoms with Crippen molar-refractivity contribution in [1.82, 2.24) is 9.97 Å². The second-order valence-corrected chi connectivity index (χ2v) is 4.60. The van der Waals surface area contributed by atoms with Gasteiger partial charge in [0.15, 0.2) is 0 Å². The molecule has 2 aromatic rings. The maximum atomic E-state index is 12.6. The largest absolute Gasteiger partial charge is 0.451 e. The SMILES string of the molecule is FC(F)(F)c1nccc(-c2ccc3c(c2)CCC3)n1. The molecule has 0 radical (unpaired) electrons. The van der Waals surface area contributed by atoms with Crippen LogP contribution in [0.1, 0.15) is 23.4 Å². The first-order chi connectivity index (χ1) is 9.04. The molecule has 1 aromatic carbocycles. The third-order valence-corrected chi connectivity index (χ3v) is 3.30. The van der Waals surface area contributed by atoms with Gasteiger partial charge in [-0.05, 0) is 42.5 Å². The summed E-state index contributed by atoms with van der Waals surface area (Å²) in [7, 11) is 0. The number of nitrogens with zero attached hydrogens (tertiary/aromatic N) is 2. The van der Waals surface area contributed by atoms with E-state index in [2.05, 4.69) is 9.97 Å². The van der Waals surface area contributed by atoms with Crippen LogP contribution in [-0.4, -0.2) is 9.97 Å². The van der Waals surface area contributed by atoms with Crippen LogP contribution in [0.5, 0.6) is 0 Å². The molecule has 0 unspecified atom stereocenters. The molecule has 19 heavy (non-hydrogen) atoms. The van der Waals surface area contributed by atoms with Gasteiger partial charge in [-0.3, -0.25) is 0 Å². The van der Waals surface area contributed by atoms with Gasteiger partial charge in [0.1, 0.15) is 0 Å². The average molecular weight is 264 g/mol. The lowest BCUT2D eigenvalue weighted by Crippen LogP contribution is -2.11. The summed E-state index contributed by atoms with van der Waals surface area (Å²) < 4.78 is 37.7. The quantitative estimate of drug-likeness (QED) is 0.785. The van der Waals surface area contributed by atoms with Gasteiger partial charge in [-0.25, -0.2) is 9.97 Å². The van der Waals surface area contributed by atoms with E-state index in [-0.39, 0.29) is 0 Å². The van der Waals surface area contributed by atoms with Crippen molar-refractivity contribution in [1.29, 1.82) is 0 Å². The summed E-state index contributed by atoms with van der Waals surface area (Å²) >= 11 is 0. The first-order valence-corrected chi connectivity index (χ1v) is 6.06. The van der Waals surface area contributed by atoms with Crippen LogP contribution in [0.4, 0.5) is 13.2 Å². The number of aromatic nitrogens is 2. The van der Waals surface area contributed by atoms with Crippen LogP contribution in [0.15, 0.2) is 30.5 Å². The summed E-state index contributed by atoms with van der Waals surface area (Å²) in [6.07, 6.45) is -0.213. The standard InChI is InChI=1S/C14H11F3N2/c15-14(16,17)13-18-7-6-12(19-13)11-5-4-9-2-1-3-10(9)8-11/h4-8H,1-3H2. The summed E-state index contributed by atoms with van der Waals surface area (Å²) in [5.74, 6) is -1.09. The van der Waals surface area contributed by atoms with E-state index in [1.165, 1.54) is 17.2 Å². The molecule has 1 aliphatic rings. The normalized spacial score (nSPS) is 14.5. The van der Waals surface area contributed by atoms with E-state index < -0.39 is 12.0 Å². The number of hydrogen-bond donors (Lipinski definition) is 0. The van der Waals surface area contributed by atoms with Crippen LogP contribution in [0.2, 0.25) is 0 Å². The summed E-state index contributed by atoms with van der Waals surface area (Å²) in [5, 5.41) is 0. The van der Waals surface area contributed by atoms with Crippen LogP contribution >= 0.6 is 0 Å². The number of fused-ring (bicyclic) bond motifs is 1. The lowest BCUT2D eigenvalue weighted by atomic mass is 10.0. The van der Waals surface area contributed by atoms with Crippen molar-refractivity contribution in [3.63, 3.8) is 0 Å². The highest BCUT2D eigenvalue weighted by molar-refractivity contribution is 5.61. The molecule has 0 spiro atoms. The molecular weight excluding hydrogens is 253 g/mol. The topological polar surface area (TPSA) is 25.8 Å². The number of hydrogen-bond acceptors (Lipinski definition) is 2. The zero-order chi connectivity index (χ0) is 13.5. The Morgan fingerprint density at radius 3 is 2.58 bits per heavy atom. The Balaban J connectivity index is 2.03. The number of halogens is 3. The minimum atomic E-state index is -4.51. The van der Waals surface area contributed by atoms with Crippen molar-refractivity contribution in [3.8, 4) is 11.3 Å². The Kier molecular flexibility index (Phi) is 2.77. The zero-order valence-corrected chi connectivity index (χ0v) is 10.0. The van der Waals surface area contributed by atoms with Crippen molar-refractivity contribution in [2.24, 2.45) is 0 Å². The summed E-state index contributed by atoms with van der Waals surface area (Å²) in [5.41, 5.74) is 3.53. The van der Waals surface area contributed by atoms with Gasteiger partial charge in [0.05, 0.1) is 5.69 Å². The molecule has 0 amide bonds. The van der Waals surface area contributed by atoms with E-state index in [0.29, 0.717) is 11.3 Å². The highest BCUT2D eigenvalue weighted by Crippen LogP contribution is 2.30. The van der Waals surface area contributed by atoms with Crippen molar-refractivity contribution in [3.05, 3.63) is 47.4 Å². The molecule has 98 valence electrons. The van der Waals surface area contributed by atoms with Gasteiger partial charge in [0, 0.05) is 11.8 Å². The number of rotatable bonds is 1. The molecule has 0 atom stereocenters. The molecule has 1 heterocycles. The highest BCUT2D eigenvalue weighted by atomic mass is 19.4. The van der Waals surface area contributed by atoms with Gasteiger partial charge < -0.3 is 0 Å². The molecule has 0 saturated heterocycles. The van der Waals surface area contributed by atoms with Gasteiger partial charge in [0.2, 0.25) is 5.82 Å². The molecule has 0 bridgehead atoms. The van der Waals surface area contributed by atoms with Gasteiger partial charge in [-0.1, -0.05) is 12.1 Å². The Hall–Kier alpha value is -1.91. The van der Waals surface area contributed by atoms with E-state index in [0.717, 1.165) is 25.5 Å². The fraction of sp³-hybridized carbons (Fsp3) is 0.286. The molecule has 0 N–H and O–H groups in total. The lowest BCUT2D eigenvalue weighted by molar-refractivity contribution is -0.144. The predicted octanol–water partition coefficient (Wildman–Crippen LogP) is 3.65. The van der Waals surface area contributed by atoms with Gasteiger partial charge in [-0.2, -0.15) is 13.2 Å². The van der Waals surface area contributed by atoms with E-state index in [4.69, 9.17) is 0 Å². The second-order valence-electron chi connectivity index (χ2n) is 4.60. The fourth-order valence-electron chi connectivity index (χ4n) is 2.39. The first-order valence-electron chi connectivity index (χ1n) is 6.06. The van der Waals surface area contributed by atoms with E-state index >= 15 is 0 Å². The molecule has 3 rings (SSSR count). The van der Waals surface area contributed by atoms with E-state index in [1.54, 1.807) is 0 Å². The Bertz CT molecular complexity index is 620. The predicted molar refractivity (Wildman–Crippen MR) is 64.5 cm³/mol. The fourth-order valence-corrected chi connectivity index (χ4v) is 2.39. The Morgan fingerprint density at radius 1 is 1.00 bits per heavy atom. The van der Waals surface area contributed by atoms with Crippen molar-refractivity contribution in [2.75, 3.05) is 0 Å². The van der Waals surface area contributed by atoms with Gasteiger partial charge in [0.25, 0.3) is 0 Å². The Morgan fingerprint density at radius 2 is 1.79 bits per heavy atom. The molecular formula is C14H11F3N2. The highest BCUT2D eigenvalue weighted by Gasteiger charge is 2.34. The Labute approximate surface area is 108 Å². The van der Waals surface area contributed by atoms with Crippen LogP contribution in [-0.2, 0) is 19.0 Å². The van der Waals surface area contributed by atoms with Crippen LogP contribution in [0.25, 0.3) is 11.3 Å². The zero-order valence-electron chi connectivity index (χ0n) is 10.0. The monoisotopic (exact) mass is 264 g/mol. The maximum Gasteiger partial charge on any atom is 0.451 e. The molecule has 0 aliphatic heterocycles. The molecule has 1 aliphatic carbocycles. The van der Waals surface area contributed by atoms with Crippen LogP contribution in [0, 0.1) is 0 Å². The van der Waals surface area contributed by atoms with Crippen molar-refractivity contribution < 1.29 is 13.2 Å². The summed E-state index contributed by atoms with van der Waals surface area (Å²) in [4.78, 5) is 6.88. The van der Waals surface area contributed by atoms with Crippen molar-refractivity contribution in [2.45, 2.75) is 25.4 Å². The third kappa shape index (κ3) is 2.32. The number of alkyl halides is 3. The van der Waals surface area contributed by atoms with Crippen LogP contribution < -0.4 is 0 Å². The summed E-state index contributed by atoms with van der Waals surface area (Å²) in [6, 6.07) is 7.25. The molecule has 2 nitrogen and oxygen atoms in total. The maximum absolute atomic E-state index is 12.6. The van der Waals surface area contributed by atoms with Gasteiger partial charge >= 0.3 is 6.18 Å². The molecule has 0 saturated carbocycles. The van der Waals surface area contributed by atoms with E-state index in [1.807, 2.05) is 18.2 Å². The molecule has 0 fully saturated rings. The average Bonchev–Trinajstić information content (AvgIpc) is 2.85. The van der Waals surface area contributed by atoms with Crippen molar-refractivity contribution >= 4 is 0 Å². The lowest BCUT2D eigenvalue weighted by Gasteiger charge is -2.08. The van der Waals surface area contributed by atoms with Gasteiger partial charge in [-0.15, -0.1) is 0 Å². The summed E-state index contributed by atoms with van der Waals surface area (Å²) in [6.45, 7) is 0. The smallest absolute Gasteiger partial charge is 0.233 e. The number of aryl methyl sites for hydroxylation is 2. The number of benzene rings is 1. The minimum absolute atomic E-state index is 0.317. The molecule has 5 heteroatoms. The molecule has 1 aromatic heterocycles. The van der Waals surface area contributed by atoms with E-state index in [9.17, 15) is 13.2 Å². The third-order valence-electron chi connectivity index (χ3n) is 3.30. The second kappa shape index (κ2) is 4.33. The first kappa shape index (κ1) is 12.1. The minimum Gasteiger partial charge on any atom is -0.233 e.